The van der Waals surface area contributed by atoms with Gasteiger partial charge in [-0.2, -0.15) is 0 Å². The third-order valence-electron chi connectivity index (χ3n) is 4.62. The molecule has 5 nitrogen and oxygen atoms in total. The number of methoxy groups -OCH3 is 1. The van der Waals surface area contributed by atoms with Gasteiger partial charge in [-0.15, -0.1) is 0 Å². The Labute approximate surface area is 121 Å². The first-order valence-electron chi connectivity index (χ1n) is 7.80. The van der Waals surface area contributed by atoms with Gasteiger partial charge in [-0.25, -0.2) is 4.79 Å². The number of piperidine rings is 2. The highest BCUT2D eigenvalue weighted by Crippen LogP contribution is 2.22. The Morgan fingerprint density at radius 3 is 2.35 bits per heavy atom. The van der Waals surface area contributed by atoms with Gasteiger partial charge in [-0.3, -0.25) is 4.90 Å². The number of rotatable bonds is 4. The highest BCUT2D eigenvalue weighted by atomic mass is 16.5. The molecule has 2 heterocycles. The zero-order chi connectivity index (χ0) is 14.6. The predicted molar refractivity (Wildman–Crippen MR) is 77.5 cm³/mol. The van der Waals surface area contributed by atoms with Crippen LogP contribution in [0.1, 0.15) is 39.0 Å². The zero-order valence-corrected chi connectivity index (χ0v) is 12.8. The molecule has 1 unspecified atom stereocenters. The maximum absolute atomic E-state index is 11.5. The first-order chi connectivity index (χ1) is 9.53. The van der Waals surface area contributed by atoms with Crippen molar-refractivity contribution >= 4 is 5.97 Å². The van der Waals surface area contributed by atoms with Crippen LogP contribution in [0.25, 0.3) is 0 Å². The average Bonchev–Trinajstić information content (AvgIpc) is 2.47. The lowest BCUT2D eigenvalue weighted by Crippen LogP contribution is -2.52. The number of β-amino-alcohol motifs (C(OH)–C–C–N with tert-alkyl or cyclic N) is 1. The second kappa shape index (κ2) is 6.87. The first-order valence-corrected chi connectivity index (χ1v) is 7.80. The molecule has 1 atom stereocenters. The molecular weight excluding hydrogens is 256 g/mol. The third-order valence-corrected chi connectivity index (χ3v) is 4.62. The molecule has 0 bridgehead atoms. The summed E-state index contributed by atoms with van der Waals surface area (Å²) in [4.78, 5) is 16.3. The van der Waals surface area contributed by atoms with Crippen molar-refractivity contribution in [2.45, 2.75) is 50.7 Å². The van der Waals surface area contributed by atoms with Crippen molar-refractivity contribution in [1.82, 2.24) is 9.80 Å². The van der Waals surface area contributed by atoms with Gasteiger partial charge in [0.1, 0.15) is 0 Å². The van der Waals surface area contributed by atoms with E-state index in [0.29, 0.717) is 12.6 Å². The molecule has 2 rings (SSSR count). The van der Waals surface area contributed by atoms with Crippen LogP contribution in [0.3, 0.4) is 0 Å². The number of aliphatic hydroxyl groups is 1. The number of nitrogens with zero attached hydrogens (tertiary/aromatic N) is 2. The van der Waals surface area contributed by atoms with Crippen LogP contribution in [0.5, 0.6) is 0 Å². The molecule has 0 spiro atoms. The number of hydrogen-bond donors (Lipinski definition) is 1. The molecule has 0 aromatic rings. The maximum atomic E-state index is 11.5. The number of likely N-dealkylation sites (tertiary alicyclic amines) is 2. The Kier molecular flexibility index (Phi) is 5.41. The summed E-state index contributed by atoms with van der Waals surface area (Å²) in [6, 6.07) is 0.689. The minimum atomic E-state index is -1.40. The van der Waals surface area contributed by atoms with E-state index in [-0.39, 0.29) is 0 Å². The van der Waals surface area contributed by atoms with Gasteiger partial charge >= 0.3 is 5.97 Å². The van der Waals surface area contributed by atoms with Gasteiger partial charge in [0.25, 0.3) is 0 Å². The molecule has 116 valence electrons. The molecular formula is C15H28N2O3. The van der Waals surface area contributed by atoms with E-state index in [1.165, 1.54) is 46.4 Å². The van der Waals surface area contributed by atoms with E-state index in [4.69, 9.17) is 0 Å². The predicted octanol–water partition coefficient (Wildman–Crippen LogP) is 0.861. The van der Waals surface area contributed by atoms with Crippen LogP contribution in [0.15, 0.2) is 0 Å². The molecule has 0 aliphatic carbocycles. The standard InChI is InChI=1S/C15H28N2O3/c1-15(19,14(18)20-2)12-16-10-6-13(7-11-16)17-8-4-3-5-9-17/h13,19H,3-12H2,1-2H3. The number of carbonyl (C=O) groups is 1. The maximum Gasteiger partial charge on any atom is 0.338 e. The molecule has 1 N–H and O–H groups in total. The first kappa shape index (κ1) is 15.7. The molecule has 2 saturated heterocycles. The molecule has 0 saturated carbocycles. The quantitative estimate of drug-likeness (QED) is 0.776. The van der Waals surface area contributed by atoms with E-state index < -0.39 is 11.6 Å². The second-order valence-electron chi connectivity index (χ2n) is 6.37. The normalized spacial score (nSPS) is 26.1. The molecule has 0 aromatic heterocycles. The van der Waals surface area contributed by atoms with Crippen molar-refractivity contribution in [3.63, 3.8) is 0 Å². The Morgan fingerprint density at radius 2 is 1.80 bits per heavy atom. The van der Waals surface area contributed by atoms with Crippen LogP contribution in [-0.4, -0.2) is 72.4 Å². The monoisotopic (exact) mass is 284 g/mol. The smallest absolute Gasteiger partial charge is 0.338 e. The van der Waals surface area contributed by atoms with E-state index in [0.717, 1.165) is 25.9 Å². The lowest BCUT2D eigenvalue weighted by Gasteiger charge is -2.41. The summed E-state index contributed by atoms with van der Waals surface area (Å²) >= 11 is 0. The highest BCUT2D eigenvalue weighted by molar-refractivity contribution is 5.78. The largest absolute Gasteiger partial charge is 0.467 e. The summed E-state index contributed by atoms with van der Waals surface area (Å²) in [5, 5.41) is 10.1. The molecule has 0 radical (unpaired) electrons. The summed E-state index contributed by atoms with van der Waals surface area (Å²) in [7, 11) is 1.32. The van der Waals surface area contributed by atoms with Crippen molar-refractivity contribution in [3.05, 3.63) is 0 Å². The minimum absolute atomic E-state index is 0.367. The van der Waals surface area contributed by atoms with Gasteiger partial charge in [0.15, 0.2) is 5.60 Å². The Hall–Kier alpha value is -0.650. The molecule has 20 heavy (non-hydrogen) atoms. The van der Waals surface area contributed by atoms with Gasteiger partial charge in [-0.1, -0.05) is 6.42 Å². The van der Waals surface area contributed by atoms with Crippen LogP contribution in [0, 0.1) is 0 Å². The topological polar surface area (TPSA) is 53.0 Å². The van der Waals surface area contributed by atoms with E-state index >= 15 is 0 Å². The van der Waals surface area contributed by atoms with Crippen molar-refractivity contribution in [2.75, 3.05) is 39.8 Å². The molecule has 5 heteroatoms. The van der Waals surface area contributed by atoms with Gasteiger partial charge in [-0.05, 0) is 58.8 Å². The summed E-state index contributed by atoms with van der Waals surface area (Å²) in [5.41, 5.74) is -1.40. The third kappa shape index (κ3) is 3.93. The molecule has 0 aromatic carbocycles. The molecule has 2 fully saturated rings. The summed E-state index contributed by atoms with van der Waals surface area (Å²) < 4.78 is 4.65. The van der Waals surface area contributed by atoms with Crippen molar-refractivity contribution in [3.8, 4) is 0 Å². The fourth-order valence-corrected chi connectivity index (χ4v) is 3.45. The Morgan fingerprint density at radius 1 is 1.20 bits per heavy atom. The van der Waals surface area contributed by atoms with Crippen molar-refractivity contribution < 1.29 is 14.6 Å². The number of carbonyl (C=O) groups excluding carboxylic acids is 1. The van der Waals surface area contributed by atoms with E-state index in [1.54, 1.807) is 0 Å². The van der Waals surface area contributed by atoms with E-state index in [1.807, 2.05) is 0 Å². The van der Waals surface area contributed by atoms with Crippen molar-refractivity contribution in [1.29, 1.82) is 0 Å². The molecule has 2 aliphatic heterocycles. The summed E-state index contributed by atoms with van der Waals surface area (Å²) in [6.07, 6.45) is 6.31. The fourth-order valence-electron chi connectivity index (χ4n) is 3.45. The number of ether oxygens (including phenoxy) is 1. The van der Waals surface area contributed by atoms with E-state index in [9.17, 15) is 9.90 Å². The van der Waals surface area contributed by atoms with Crippen molar-refractivity contribution in [2.24, 2.45) is 0 Å². The molecule has 2 aliphatic rings. The lowest BCUT2D eigenvalue weighted by atomic mass is 9.98. The number of hydrogen-bond acceptors (Lipinski definition) is 5. The van der Waals surface area contributed by atoms with Crippen LogP contribution in [0.2, 0.25) is 0 Å². The van der Waals surface area contributed by atoms with Crippen LogP contribution in [0.4, 0.5) is 0 Å². The van der Waals surface area contributed by atoms with Crippen LogP contribution < -0.4 is 0 Å². The van der Waals surface area contributed by atoms with Gasteiger partial charge in [0.2, 0.25) is 0 Å². The number of esters is 1. The summed E-state index contributed by atoms with van der Waals surface area (Å²) in [6.45, 7) is 6.29. The van der Waals surface area contributed by atoms with Crippen LogP contribution in [-0.2, 0) is 9.53 Å². The Balaban J connectivity index is 1.77. The van der Waals surface area contributed by atoms with Gasteiger partial charge in [0, 0.05) is 12.6 Å². The lowest BCUT2D eigenvalue weighted by molar-refractivity contribution is -0.162. The SMILES string of the molecule is COC(=O)C(C)(O)CN1CCC(N2CCCCC2)CC1. The fraction of sp³-hybridized carbons (Fsp3) is 0.933. The highest BCUT2D eigenvalue weighted by Gasteiger charge is 2.35. The van der Waals surface area contributed by atoms with Gasteiger partial charge < -0.3 is 14.7 Å². The molecule has 0 amide bonds. The second-order valence-corrected chi connectivity index (χ2v) is 6.37. The average molecular weight is 284 g/mol. The minimum Gasteiger partial charge on any atom is -0.467 e. The summed E-state index contributed by atoms with van der Waals surface area (Å²) in [5.74, 6) is -0.546. The Bertz CT molecular complexity index is 319. The van der Waals surface area contributed by atoms with Crippen LogP contribution >= 0.6 is 0 Å². The van der Waals surface area contributed by atoms with Gasteiger partial charge in [0.05, 0.1) is 7.11 Å². The zero-order valence-electron chi connectivity index (χ0n) is 12.8. The van der Waals surface area contributed by atoms with E-state index in [2.05, 4.69) is 14.5 Å².